The molecule has 2 aliphatic rings. The van der Waals surface area contributed by atoms with E-state index in [1.165, 1.54) is 6.42 Å². The van der Waals surface area contributed by atoms with E-state index in [0.717, 1.165) is 38.6 Å². The molecule has 0 aromatic rings. The van der Waals surface area contributed by atoms with Crippen molar-refractivity contribution < 1.29 is 13.2 Å². The summed E-state index contributed by atoms with van der Waals surface area (Å²) in [6.07, 6.45) is 5.80. The predicted molar refractivity (Wildman–Crippen MR) is 72.5 cm³/mol. The molecule has 2 fully saturated rings. The maximum Gasteiger partial charge on any atom is 0.159 e. The van der Waals surface area contributed by atoms with Gasteiger partial charge in [-0.15, -0.1) is 0 Å². The van der Waals surface area contributed by atoms with Crippen molar-refractivity contribution in [3.8, 4) is 0 Å². The second-order valence-corrected chi connectivity index (χ2v) is 7.87. The second kappa shape index (κ2) is 6.35. The molecule has 4 nitrogen and oxygen atoms in total. The van der Waals surface area contributed by atoms with Crippen LogP contribution in [0.4, 0.5) is 0 Å². The fourth-order valence-corrected chi connectivity index (χ4v) is 5.63. The van der Waals surface area contributed by atoms with Crippen LogP contribution in [0.3, 0.4) is 0 Å². The Morgan fingerprint density at radius 1 is 1.17 bits per heavy atom. The minimum atomic E-state index is -3.04. The number of ether oxygens (including phenoxy) is 1. The predicted octanol–water partition coefficient (Wildman–Crippen LogP) is 1.50. The average molecular weight is 275 g/mol. The molecule has 1 heterocycles. The third-order valence-electron chi connectivity index (χ3n) is 4.21. The van der Waals surface area contributed by atoms with E-state index >= 15 is 0 Å². The van der Waals surface area contributed by atoms with E-state index in [1.807, 2.05) is 6.92 Å². The molecule has 1 aliphatic heterocycles. The monoisotopic (exact) mass is 275 g/mol. The molecule has 0 amide bonds. The van der Waals surface area contributed by atoms with Crippen LogP contribution in [0, 0.1) is 0 Å². The fourth-order valence-electron chi connectivity index (χ4n) is 3.17. The summed E-state index contributed by atoms with van der Waals surface area (Å²) in [5.41, 5.74) is 0. The molecule has 0 bridgehead atoms. The second-order valence-electron chi connectivity index (χ2n) is 5.42. The van der Waals surface area contributed by atoms with E-state index in [4.69, 9.17) is 4.74 Å². The molecule has 1 saturated heterocycles. The molecule has 2 rings (SSSR count). The molecule has 0 aromatic carbocycles. The number of sulfone groups is 1. The van der Waals surface area contributed by atoms with E-state index in [0.29, 0.717) is 13.2 Å². The fraction of sp³-hybridized carbons (Fsp3) is 1.00. The normalized spacial score (nSPS) is 31.4. The molecule has 18 heavy (non-hydrogen) atoms. The van der Waals surface area contributed by atoms with E-state index in [9.17, 15) is 8.42 Å². The maximum atomic E-state index is 12.7. The third kappa shape index (κ3) is 3.06. The lowest BCUT2D eigenvalue weighted by atomic mass is 10.0. The van der Waals surface area contributed by atoms with Gasteiger partial charge in [0.25, 0.3) is 0 Å². The Balaban J connectivity index is 2.10. The summed E-state index contributed by atoms with van der Waals surface area (Å²) in [6.45, 7) is 3.89. The van der Waals surface area contributed by atoms with Crippen LogP contribution in [-0.4, -0.2) is 44.7 Å². The first-order valence-corrected chi connectivity index (χ1v) is 8.81. The number of hydrogen-bond donors (Lipinski definition) is 1. The van der Waals surface area contributed by atoms with Gasteiger partial charge in [-0.2, -0.15) is 0 Å². The Bertz CT molecular complexity index is 347. The van der Waals surface area contributed by atoms with Crippen LogP contribution < -0.4 is 5.32 Å². The van der Waals surface area contributed by atoms with Crippen molar-refractivity contribution in [3.05, 3.63) is 0 Å². The van der Waals surface area contributed by atoms with Gasteiger partial charge in [-0.25, -0.2) is 8.42 Å². The first kappa shape index (κ1) is 14.3. The van der Waals surface area contributed by atoms with Gasteiger partial charge in [-0.3, -0.25) is 0 Å². The van der Waals surface area contributed by atoms with Crippen molar-refractivity contribution in [2.75, 3.05) is 19.8 Å². The third-order valence-corrected chi connectivity index (χ3v) is 6.92. The lowest BCUT2D eigenvalue weighted by Gasteiger charge is -2.35. The molecule has 0 aromatic heterocycles. The molecule has 0 radical (unpaired) electrons. The minimum absolute atomic E-state index is 0.0793. The molecule has 106 valence electrons. The largest absolute Gasteiger partial charge is 0.380 e. The van der Waals surface area contributed by atoms with E-state index in [-0.39, 0.29) is 16.5 Å². The lowest BCUT2D eigenvalue weighted by molar-refractivity contribution is 0.0808. The van der Waals surface area contributed by atoms with Crippen molar-refractivity contribution in [1.29, 1.82) is 0 Å². The van der Waals surface area contributed by atoms with Gasteiger partial charge in [0.2, 0.25) is 0 Å². The zero-order valence-electron chi connectivity index (χ0n) is 11.2. The summed E-state index contributed by atoms with van der Waals surface area (Å²) in [5.74, 6) is 0. The highest BCUT2D eigenvalue weighted by molar-refractivity contribution is 7.92. The lowest BCUT2D eigenvalue weighted by Crippen LogP contribution is -2.52. The average Bonchev–Trinajstić information content (AvgIpc) is 2.41. The van der Waals surface area contributed by atoms with Gasteiger partial charge in [0, 0.05) is 12.6 Å². The van der Waals surface area contributed by atoms with Gasteiger partial charge in [0.05, 0.1) is 11.9 Å². The smallest absolute Gasteiger partial charge is 0.159 e. The van der Waals surface area contributed by atoms with E-state index in [2.05, 4.69) is 5.32 Å². The molecule has 0 spiro atoms. The SMILES string of the molecule is CCNC1CCOCC1S(=O)(=O)C1CCCCC1. The topological polar surface area (TPSA) is 55.4 Å². The standard InChI is InChI=1S/C13H25NO3S/c1-2-14-12-8-9-17-10-13(12)18(15,16)11-6-4-3-5-7-11/h11-14H,2-10H2,1H3. The van der Waals surface area contributed by atoms with Crippen LogP contribution in [-0.2, 0) is 14.6 Å². The van der Waals surface area contributed by atoms with Crippen LogP contribution >= 0.6 is 0 Å². The minimum Gasteiger partial charge on any atom is -0.380 e. The first-order chi connectivity index (χ1) is 8.66. The Morgan fingerprint density at radius 2 is 1.89 bits per heavy atom. The molecular formula is C13H25NO3S. The van der Waals surface area contributed by atoms with E-state index < -0.39 is 9.84 Å². The van der Waals surface area contributed by atoms with Gasteiger partial charge in [-0.1, -0.05) is 26.2 Å². The first-order valence-electron chi connectivity index (χ1n) is 7.20. The molecule has 1 saturated carbocycles. The summed E-state index contributed by atoms with van der Waals surface area (Å²) >= 11 is 0. The Morgan fingerprint density at radius 3 is 2.56 bits per heavy atom. The van der Waals surface area contributed by atoms with Crippen molar-refractivity contribution in [1.82, 2.24) is 5.32 Å². The molecule has 2 atom stereocenters. The Labute approximate surface area is 110 Å². The van der Waals surface area contributed by atoms with Gasteiger partial charge in [0.1, 0.15) is 5.25 Å². The highest BCUT2D eigenvalue weighted by Gasteiger charge is 2.40. The summed E-state index contributed by atoms with van der Waals surface area (Å²) in [6, 6.07) is 0.0793. The van der Waals surface area contributed by atoms with Crippen molar-refractivity contribution in [3.63, 3.8) is 0 Å². The van der Waals surface area contributed by atoms with Gasteiger partial charge < -0.3 is 10.1 Å². The zero-order chi connectivity index (χ0) is 13.0. The van der Waals surface area contributed by atoms with Crippen LogP contribution in [0.1, 0.15) is 45.4 Å². The van der Waals surface area contributed by atoms with Crippen molar-refractivity contribution >= 4 is 9.84 Å². The van der Waals surface area contributed by atoms with Crippen molar-refractivity contribution in [2.24, 2.45) is 0 Å². The highest BCUT2D eigenvalue weighted by atomic mass is 32.2. The van der Waals surface area contributed by atoms with Crippen molar-refractivity contribution in [2.45, 2.75) is 62.0 Å². The molecule has 5 heteroatoms. The maximum absolute atomic E-state index is 12.7. The Kier molecular flexibility index (Phi) is 5.04. The summed E-state index contributed by atoms with van der Waals surface area (Å²) in [7, 11) is -3.04. The summed E-state index contributed by atoms with van der Waals surface area (Å²) in [4.78, 5) is 0. The number of nitrogens with one attached hydrogen (secondary N) is 1. The number of hydrogen-bond acceptors (Lipinski definition) is 4. The van der Waals surface area contributed by atoms with Crippen LogP contribution in [0.2, 0.25) is 0 Å². The molecule has 1 aliphatic carbocycles. The summed E-state index contributed by atoms with van der Waals surface area (Å²) in [5, 5.41) is 2.86. The van der Waals surface area contributed by atoms with Gasteiger partial charge in [-0.05, 0) is 25.8 Å². The molecule has 1 N–H and O–H groups in total. The van der Waals surface area contributed by atoms with E-state index in [1.54, 1.807) is 0 Å². The zero-order valence-corrected chi connectivity index (χ0v) is 12.0. The van der Waals surface area contributed by atoms with Gasteiger partial charge in [0.15, 0.2) is 9.84 Å². The van der Waals surface area contributed by atoms with Crippen LogP contribution in [0.5, 0.6) is 0 Å². The Hall–Kier alpha value is -0.130. The molecular weight excluding hydrogens is 250 g/mol. The highest BCUT2D eigenvalue weighted by Crippen LogP contribution is 2.29. The van der Waals surface area contributed by atoms with Crippen LogP contribution in [0.15, 0.2) is 0 Å². The summed E-state index contributed by atoms with van der Waals surface area (Å²) < 4.78 is 30.8. The molecule has 2 unspecified atom stereocenters. The number of rotatable bonds is 4. The van der Waals surface area contributed by atoms with Crippen LogP contribution in [0.25, 0.3) is 0 Å². The van der Waals surface area contributed by atoms with Gasteiger partial charge >= 0.3 is 0 Å². The quantitative estimate of drug-likeness (QED) is 0.845.